The number of rotatable bonds is 4. The first-order valence-corrected chi connectivity index (χ1v) is 6.24. The molecule has 0 aliphatic carbocycles. The van der Waals surface area contributed by atoms with E-state index in [9.17, 15) is 0 Å². The Labute approximate surface area is 111 Å². The third-order valence-corrected chi connectivity index (χ3v) is 3.06. The van der Waals surface area contributed by atoms with Crippen molar-refractivity contribution in [1.29, 1.82) is 0 Å². The van der Waals surface area contributed by atoms with E-state index >= 15 is 0 Å². The van der Waals surface area contributed by atoms with Gasteiger partial charge in [0.1, 0.15) is 5.65 Å². The zero-order valence-electron chi connectivity index (χ0n) is 10.7. The van der Waals surface area contributed by atoms with Gasteiger partial charge in [-0.05, 0) is 31.2 Å². The smallest absolute Gasteiger partial charge is 0.137 e. The highest BCUT2D eigenvalue weighted by Gasteiger charge is 2.07. The quantitative estimate of drug-likeness (QED) is 0.769. The fourth-order valence-corrected chi connectivity index (χ4v) is 2.11. The van der Waals surface area contributed by atoms with Crippen LogP contribution in [0, 0.1) is 6.92 Å². The Balaban J connectivity index is 1.73. The third-order valence-electron chi connectivity index (χ3n) is 3.06. The zero-order valence-corrected chi connectivity index (χ0v) is 10.7. The van der Waals surface area contributed by atoms with Crippen LogP contribution in [0.15, 0.2) is 42.7 Å². The molecule has 19 heavy (non-hydrogen) atoms. The molecule has 0 unspecified atom stereocenters. The number of aromatic nitrogens is 4. The molecule has 3 aromatic rings. The van der Waals surface area contributed by atoms with Gasteiger partial charge in [0.2, 0.25) is 0 Å². The Bertz CT molecular complexity index is 675. The molecule has 0 radical (unpaired) electrons. The van der Waals surface area contributed by atoms with E-state index in [1.807, 2.05) is 43.5 Å². The Kier molecular flexibility index (Phi) is 3.20. The van der Waals surface area contributed by atoms with Crippen molar-refractivity contribution in [3.05, 3.63) is 59.8 Å². The van der Waals surface area contributed by atoms with Crippen molar-refractivity contribution in [3.63, 3.8) is 0 Å². The minimum Gasteiger partial charge on any atom is -0.305 e. The summed E-state index contributed by atoms with van der Waals surface area (Å²) in [6.45, 7) is 3.49. The van der Waals surface area contributed by atoms with Crippen LogP contribution >= 0.6 is 0 Å². The van der Waals surface area contributed by atoms with E-state index in [0.717, 1.165) is 23.6 Å². The number of imidazole rings is 1. The van der Waals surface area contributed by atoms with Crippen LogP contribution in [0.25, 0.3) is 5.65 Å². The van der Waals surface area contributed by atoms with E-state index in [1.54, 1.807) is 6.20 Å². The Morgan fingerprint density at radius 2 is 2.11 bits per heavy atom. The van der Waals surface area contributed by atoms with Gasteiger partial charge in [0, 0.05) is 25.5 Å². The van der Waals surface area contributed by atoms with Crippen LogP contribution in [-0.4, -0.2) is 19.6 Å². The van der Waals surface area contributed by atoms with Gasteiger partial charge in [-0.3, -0.25) is 0 Å². The van der Waals surface area contributed by atoms with Gasteiger partial charge in [-0.25, -0.2) is 4.98 Å². The number of hydrogen-bond donors (Lipinski definition) is 1. The number of nitrogens with one attached hydrogen (secondary N) is 1. The summed E-state index contributed by atoms with van der Waals surface area (Å²) in [6.07, 6.45) is 3.72. The van der Waals surface area contributed by atoms with E-state index in [1.165, 1.54) is 5.69 Å². The van der Waals surface area contributed by atoms with Crippen molar-refractivity contribution in [2.75, 3.05) is 0 Å². The van der Waals surface area contributed by atoms with Crippen molar-refractivity contribution in [2.24, 2.45) is 0 Å². The van der Waals surface area contributed by atoms with Crippen LogP contribution in [-0.2, 0) is 13.1 Å². The van der Waals surface area contributed by atoms with E-state index in [2.05, 4.69) is 24.9 Å². The lowest BCUT2D eigenvalue weighted by molar-refractivity contribution is 0.653. The molecular formula is C14H15N5. The fourth-order valence-electron chi connectivity index (χ4n) is 2.11. The number of pyridine rings is 1. The average molecular weight is 253 g/mol. The van der Waals surface area contributed by atoms with Crippen LogP contribution in [0.2, 0.25) is 0 Å². The molecule has 0 fully saturated rings. The van der Waals surface area contributed by atoms with Crippen molar-refractivity contribution >= 4 is 5.65 Å². The first-order valence-electron chi connectivity index (χ1n) is 6.24. The van der Waals surface area contributed by atoms with Crippen molar-refractivity contribution in [1.82, 2.24) is 24.9 Å². The number of hydrogen-bond acceptors (Lipinski definition) is 4. The predicted octanol–water partition coefficient (Wildman–Crippen LogP) is 1.72. The second kappa shape index (κ2) is 5.16. The highest BCUT2D eigenvalue weighted by molar-refractivity contribution is 5.42. The molecule has 0 saturated heterocycles. The molecule has 0 spiro atoms. The summed E-state index contributed by atoms with van der Waals surface area (Å²) < 4.78 is 2.11. The molecule has 0 atom stereocenters. The van der Waals surface area contributed by atoms with Gasteiger partial charge >= 0.3 is 0 Å². The van der Waals surface area contributed by atoms with Gasteiger partial charge in [-0.1, -0.05) is 6.07 Å². The Hall–Kier alpha value is -2.27. The molecule has 3 aromatic heterocycles. The number of aryl methyl sites for hydroxylation is 1. The van der Waals surface area contributed by atoms with Gasteiger partial charge in [0.15, 0.2) is 0 Å². The highest BCUT2D eigenvalue weighted by Crippen LogP contribution is 2.11. The lowest BCUT2D eigenvalue weighted by Crippen LogP contribution is -2.15. The molecule has 0 aliphatic heterocycles. The monoisotopic (exact) mass is 253 g/mol. The summed E-state index contributed by atoms with van der Waals surface area (Å²) in [7, 11) is 0. The van der Waals surface area contributed by atoms with E-state index in [-0.39, 0.29) is 0 Å². The van der Waals surface area contributed by atoms with Gasteiger partial charge in [-0.15, -0.1) is 0 Å². The first-order chi connectivity index (χ1) is 9.34. The predicted molar refractivity (Wildman–Crippen MR) is 72.5 cm³/mol. The molecule has 3 rings (SSSR count). The lowest BCUT2D eigenvalue weighted by atomic mass is 10.3. The molecule has 1 N–H and O–H groups in total. The van der Waals surface area contributed by atoms with E-state index < -0.39 is 0 Å². The van der Waals surface area contributed by atoms with E-state index in [0.29, 0.717) is 6.54 Å². The van der Waals surface area contributed by atoms with Crippen molar-refractivity contribution in [2.45, 2.75) is 20.0 Å². The molecule has 96 valence electrons. The van der Waals surface area contributed by atoms with Crippen LogP contribution in [0.3, 0.4) is 0 Å². The topological polar surface area (TPSA) is 55.1 Å². The summed E-state index contributed by atoms with van der Waals surface area (Å²) in [5.74, 6) is 0. The molecule has 0 saturated carbocycles. The standard InChI is InChI=1S/C14H15N5/c1-11-13(19-8-3-2-6-14(19)17-11)10-15-9-12-5-4-7-16-18-12/h2-8,15H,9-10H2,1H3. The van der Waals surface area contributed by atoms with Gasteiger partial charge in [0.05, 0.1) is 17.1 Å². The lowest BCUT2D eigenvalue weighted by Gasteiger charge is -2.05. The maximum absolute atomic E-state index is 4.53. The average Bonchev–Trinajstić information content (AvgIpc) is 2.76. The van der Waals surface area contributed by atoms with Crippen LogP contribution in [0.1, 0.15) is 17.1 Å². The maximum atomic E-state index is 4.53. The summed E-state index contributed by atoms with van der Waals surface area (Å²) in [6, 6.07) is 9.88. The number of fused-ring (bicyclic) bond motifs is 1. The van der Waals surface area contributed by atoms with Crippen LogP contribution < -0.4 is 5.32 Å². The molecule has 0 amide bonds. The second-order valence-corrected chi connectivity index (χ2v) is 4.39. The zero-order chi connectivity index (χ0) is 13.1. The summed E-state index contributed by atoms with van der Waals surface area (Å²) >= 11 is 0. The maximum Gasteiger partial charge on any atom is 0.137 e. The summed E-state index contributed by atoms with van der Waals surface area (Å²) in [5.41, 5.74) is 4.16. The molecule has 0 bridgehead atoms. The molecule has 0 aliphatic rings. The van der Waals surface area contributed by atoms with Crippen molar-refractivity contribution in [3.8, 4) is 0 Å². The van der Waals surface area contributed by atoms with E-state index in [4.69, 9.17) is 0 Å². The molecular weight excluding hydrogens is 238 g/mol. The van der Waals surface area contributed by atoms with Gasteiger partial charge < -0.3 is 9.72 Å². The minimum absolute atomic E-state index is 0.702. The largest absolute Gasteiger partial charge is 0.305 e. The van der Waals surface area contributed by atoms with Gasteiger partial charge in [-0.2, -0.15) is 10.2 Å². The molecule has 0 aromatic carbocycles. The summed E-state index contributed by atoms with van der Waals surface area (Å²) in [5, 5.41) is 11.3. The first kappa shape index (κ1) is 11.8. The van der Waals surface area contributed by atoms with Crippen LogP contribution in [0.4, 0.5) is 0 Å². The molecule has 5 nitrogen and oxygen atoms in total. The molecule has 5 heteroatoms. The normalized spacial score (nSPS) is 11.0. The Morgan fingerprint density at radius 1 is 1.16 bits per heavy atom. The third kappa shape index (κ3) is 2.46. The van der Waals surface area contributed by atoms with Gasteiger partial charge in [0.25, 0.3) is 0 Å². The second-order valence-electron chi connectivity index (χ2n) is 4.39. The van der Waals surface area contributed by atoms with Crippen LogP contribution in [0.5, 0.6) is 0 Å². The highest BCUT2D eigenvalue weighted by atomic mass is 15.1. The van der Waals surface area contributed by atoms with Crippen molar-refractivity contribution < 1.29 is 0 Å². The fraction of sp³-hybridized carbons (Fsp3) is 0.214. The SMILES string of the molecule is Cc1nc2ccccn2c1CNCc1cccnn1. The molecule has 3 heterocycles. The number of nitrogens with zero attached hydrogens (tertiary/aromatic N) is 4. The summed E-state index contributed by atoms with van der Waals surface area (Å²) in [4.78, 5) is 4.53. The Morgan fingerprint density at radius 3 is 2.95 bits per heavy atom. The minimum atomic E-state index is 0.702.